The van der Waals surface area contributed by atoms with Crippen LogP contribution >= 0.6 is 11.8 Å². The van der Waals surface area contributed by atoms with Crippen LogP contribution in [0.25, 0.3) is 0 Å². The third-order valence-electron chi connectivity index (χ3n) is 2.97. The molecule has 0 aliphatic carbocycles. The van der Waals surface area contributed by atoms with Crippen LogP contribution in [0.2, 0.25) is 0 Å². The largest absolute Gasteiger partial charge is 0.309 e. The van der Waals surface area contributed by atoms with E-state index in [1.807, 2.05) is 17.8 Å². The second-order valence-corrected chi connectivity index (χ2v) is 5.99. The molecule has 0 fully saturated rings. The summed E-state index contributed by atoms with van der Waals surface area (Å²) in [5.41, 5.74) is 1.38. The van der Waals surface area contributed by atoms with Crippen molar-refractivity contribution < 1.29 is 0 Å². The summed E-state index contributed by atoms with van der Waals surface area (Å²) in [5.74, 6) is 1.65. The molecule has 0 aromatic heterocycles. The minimum atomic E-state index is 0.418. The van der Waals surface area contributed by atoms with Crippen molar-refractivity contribution in [2.24, 2.45) is 5.92 Å². The number of benzene rings is 1. The zero-order valence-electron chi connectivity index (χ0n) is 11.7. The molecule has 0 aliphatic heterocycles. The molecule has 0 radical (unpaired) electrons. The molecule has 0 aliphatic rings. The van der Waals surface area contributed by atoms with Gasteiger partial charge in [-0.25, -0.2) is 0 Å². The van der Waals surface area contributed by atoms with Crippen molar-refractivity contribution >= 4 is 11.8 Å². The van der Waals surface area contributed by atoms with E-state index in [2.05, 4.69) is 63.0 Å². The highest BCUT2D eigenvalue weighted by Crippen LogP contribution is 2.32. The van der Waals surface area contributed by atoms with Crippen molar-refractivity contribution in [1.29, 1.82) is 0 Å². The molecule has 2 heteroatoms. The molecule has 0 saturated heterocycles. The van der Waals surface area contributed by atoms with Crippen molar-refractivity contribution in [3.63, 3.8) is 0 Å². The Kier molecular flexibility index (Phi) is 7.14. The number of hydrogen-bond donors (Lipinski definition) is 1. The summed E-state index contributed by atoms with van der Waals surface area (Å²) < 4.78 is 0. The van der Waals surface area contributed by atoms with Gasteiger partial charge in [0.15, 0.2) is 0 Å². The molecule has 2 atom stereocenters. The summed E-state index contributed by atoms with van der Waals surface area (Å²) in [6.45, 7) is 11.6. The average molecular weight is 263 g/mol. The Bertz CT molecular complexity index is 334. The number of rotatable bonds is 8. The summed E-state index contributed by atoms with van der Waals surface area (Å²) in [4.78, 5) is 0. The normalized spacial score (nSPS) is 14.4. The summed E-state index contributed by atoms with van der Waals surface area (Å²) in [6.07, 6.45) is 1.99. The molecule has 2 unspecified atom stereocenters. The second-order valence-electron chi connectivity index (χ2n) is 4.78. The molecule has 1 rings (SSSR count). The topological polar surface area (TPSA) is 12.0 Å². The zero-order valence-corrected chi connectivity index (χ0v) is 12.5. The van der Waals surface area contributed by atoms with E-state index in [0.717, 1.165) is 12.3 Å². The second kappa shape index (κ2) is 8.39. The fourth-order valence-corrected chi connectivity index (χ4v) is 3.35. The lowest BCUT2D eigenvalue weighted by molar-refractivity contribution is 0.453. The average Bonchev–Trinajstić information content (AvgIpc) is 2.38. The Morgan fingerprint density at radius 1 is 1.28 bits per heavy atom. The summed E-state index contributed by atoms with van der Waals surface area (Å²) >= 11 is 1.99. The van der Waals surface area contributed by atoms with Gasteiger partial charge in [-0.15, -0.1) is 6.58 Å². The van der Waals surface area contributed by atoms with Gasteiger partial charge < -0.3 is 5.32 Å². The van der Waals surface area contributed by atoms with Crippen LogP contribution in [0.3, 0.4) is 0 Å². The van der Waals surface area contributed by atoms with E-state index in [-0.39, 0.29) is 0 Å². The summed E-state index contributed by atoms with van der Waals surface area (Å²) in [5, 5.41) is 4.21. The van der Waals surface area contributed by atoms with Gasteiger partial charge in [-0.1, -0.05) is 57.2 Å². The van der Waals surface area contributed by atoms with Crippen molar-refractivity contribution in [2.45, 2.75) is 32.1 Å². The van der Waals surface area contributed by atoms with Crippen LogP contribution in [0.15, 0.2) is 43.0 Å². The van der Waals surface area contributed by atoms with Crippen molar-refractivity contribution in [3.8, 4) is 0 Å². The van der Waals surface area contributed by atoms with Crippen LogP contribution in [-0.2, 0) is 0 Å². The van der Waals surface area contributed by atoms with Gasteiger partial charge in [-0.3, -0.25) is 0 Å². The molecule has 0 spiro atoms. The van der Waals surface area contributed by atoms with Crippen LogP contribution in [0, 0.1) is 5.92 Å². The Labute approximate surface area is 116 Å². The van der Waals surface area contributed by atoms with Gasteiger partial charge >= 0.3 is 0 Å². The van der Waals surface area contributed by atoms with Crippen LogP contribution in [0.1, 0.15) is 32.4 Å². The maximum Gasteiger partial charge on any atom is 0.0443 e. The molecule has 18 heavy (non-hydrogen) atoms. The molecule has 0 saturated carbocycles. The minimum absolute atomic E-state index is 0.418. The highest BCUT2D eigenvalue weighted by Gasteiger charge is 2.25. The van der Waals surface area contributed by atoms with E-state index in [4.69, 9.17) is 0 Å². The van der Waals surface area contributed by atoms with Gasteiger partial charge in [0, 0.05) is 17.0 Å². The van der Waals surface area contributed by atoms with E-state index in [9.17, 15) is 0 Å². The summed E-state index contributed by atoms with van der Waals surface area (Å²) in [6, 6.07) is 11.2. The van der Waals surface area contributed by atoms with Crippen LogP contribution in [0.4, 0.5) is 0 Å². The van der Waals surface area contributed by atoms with E-state index in [1.165, 1.54) is 5.56 Å². The van der Waals surface area contributed by atoms with E-state index in [0.29, 0.717) is 17.2 Å². The molecular weight excluding hydrogens is 238 g/mol. The Hall–Kier alpha value is -0.730. The predicted molar refractivity (Wildman–Crippen MR) is 84.1 cm³/mol. The zero-order chi connectivity index (χ0) is 13.4. The first-order valence-electron chi connectivity index (χ1n) is 6.71. The molecule has 0 bridgehead atoms. The smallest absolute Gasteiger partial charge is 0.0443 e. The fourth-order valence-electron chi connectivity index (χ4n) is 2.16. The van der Waals surface area contributed by atoms with E-state index in [1.54, 1.807) is 0 Å². The van der Waals surface area contributed by atoms with Gasteiger partial charge in [0.1, 0.15) is 0 Å². The van der Waals surface area contributed by atoms with E-state index < -0.39 is 0 Å². The lowest BCUT2D eigenvalue weighted by Crippen LogP contribution is -2.33. The third kappa shape index (κ3) is 4.51. The molecular formula is C16H25NS. The fraction of sp³-hybridized carbons (Fsp3) is 0.500. The van der Waals surface area contributed by atoms with Crippen LogP contribution in [-0.4, -0.2) is 17.5 Å². The monoisotopic (exact) mass is 263 g/mol. The lowest BCUT2D eigenvalue weighted by atomic mass is 9.96. The maximum atomic E-state index is 3.83. The highest BCUT2D eigenvalue weighted by molar-refractivity contribution is 8.00. The molecule has 1 nitrogen and oxygen atoms in total. The Morgan fingerprint density at radius 3 is 2.44 bits per heavy atom. The third-order valence-corrected chi connectivity index (χ3v) is 4.60. The first-order valence-corrected chi connectivity index (χ1v) is 7.76. The van der Waals surface area contributed by atoms with Crippen molar-refractivity contribution in [1.82, 2.24) is 5.32 Å². The molecule has 1 N–H and O–H groups in total. The molecule has 1 aromatic carbocycles. The highest BCUT2D eigenvalue weighted by atomic mass is 32.2. The van der Waals surface area contributed by atoms with Crippen molar-refractivity contribution in [3.05, 3.63) is 48.6 Å². The number of thioether (sulfide) groups is 1. The predicted octanol–water partition coefficient (Wildman–Crippen LogP) is 4.28. The van der Waals surface area contributed by atoms with Gasteiger partial charge in [-0.05, 0) is 18.0 Å². The first-order chi connectivity index (χ1) is 8.70. The number of hydrogen-bond acceptors (Lipinski definition) is 2. The van der Waals surface area contributed by atoms with Gasteiger partial charge in [0.05, 0.1) is 0 Å². The Balaban J connectivity index is 2.89. The Morgan fingerprint density at radius 2 is 1.94 bits per heavy atom. The standard InChI is InChI=1S/C16H25NS/c1-5-12-18-16(13(3)4)15(17-6-2)14-10-8-7-9-11-14/h5,7-11,13,15-17H,1,6,12H2,2-4H3. The van der Waals surface area contributed by atoms with E-state index >= 15 is 0 Å². The minimum Gasteiger partial charge on any atom is -0.309 e. The van der Waals surface area contributed by atoms with Crippen molar-refractivity contribution in [2.75, 3.05) is 12.3 Å². The number of nitrogens with one attached hydrogen (secondary N) is 1. The SMILES string of the molecule is C=CCSC(C(C)C)C(NCC)c1ccccc1. The maximum absolute atomic E-state index is 3.83. The van der Waals surface area contributed by atoms with Gasteiger partial charge in [0.2, 0.25) is 0 Å². The molecule has 100 valence electrons. The van der Waals surface area contributed by atoms with Crippen LogP contribution in [0.5, 0.6) is 0 Å². The van der Waals surface area contributed by atoms with Gasteiger partial charge in [0.25, 0.3) is 0 Å². The van der Waals surface area contributed by atoms with Gasteiger partial charge in [-0.2, -0.15) is 11.8 Å². The summed E-state index contributed by atoms with van der Waals surface area (Å²) in [7, 11) is 0. The molecule has 0 amide bonds. The quantitative estimate of drug-likeness (QED) is 0.703. The lowest BCUT2D eigenvalue weighted by Gasteiger charge is -2.30. The molecule has 0 heterocycles. The molecule has 1 aromatic rings. The van der Waals surface area contributed by atoms with Crippen LogP contribution < -0.4 is 5.32 Å². The first kappa shape index (κ1) is 15.3.